The summed E-state index contributed by atoms with van der Waals surface area (Å²) in [5, 5.41) is 9.32. The van der Waals surface area contributed by atoms with Crippen LogP contribution in [0.1, 0.15) is 12.5 Å². The Labute approximate surface area is 211 Å². The molecule has 1 aliphatic heterocycles. The first-order valence-electron chi connectivity index (χ1n) is 11.4. The number of pyridine rings is 1. The van der Waals surface area contributed by atoms with Gasteiger partial charge in [0.2, 0.25) is 11.6 Å². The van der Waals surface area contributed by atoms with Crippen LogP contribution in [0.15, 0.2) is 94.6 Å². The quantitative estimate of drug-likeness (QED) is 0.281. The fourth-order valence-electron chi connectivity index (χ4n) is 4.04. The lowest BCUT2D eigenvalue weighted by Crippen LogP contribution is -2.13. The summed E-state index contributed by atoms with van der Waals surface area (Å²) in [6.45, 7) is 2.22. The van der Waals surface area contributed by atoms with Gasteiger partial charge in [0.05, 0.1) is 30.4 Å². The van der Waals surface area contributed by atoms with Gasteiger partial charge in [0.15, 0.2) is 11.5 Å². The molecule has 0 spiro atoms. The molecule has 0 bridgehead atoms. The molecule has 0 N–H and O–H groups in total. The number of hydrogen-bond acceptors (Lipinski definition) is 7. The second kappa shape index (κ2) is 9.31. The highest BCUT2D eigenvalue weighted by Crippen LogP contribution is 2.33. The van der Waals surface area contributed by atoms with Gasteiger partial charge in [-0.2, -0.15) is 5.10 Å². The van der Waals surface area contributed by atoms with E-state index in [4.69, 9.17) is 24.3 Å². The standard InChI is InChI=1S/C28H22N4O3S/c1-18(19-8-10-26-27(14-19)35-17-34-26)31-32-25(16-36-28(32)30-23-4-3-11-29-15-23)22-6-5-21-13-24(33-2)9-7-20(21)12-22/h3-16H,17H2,1-2H3. The Morgan fingerprint density at radius 1 is 1.00 bits per heavy atom. The molecule has 0 fully saturated rings. The molecule has 0 saturated heterocycles. The maximum absolute atomic E-state index is 5.56. The summed E-state index contributed by atoms with van der Waals surface area (Å²) in [6.07, 6.45) is 3.47. The van der Waals surface area contributed by atoms with Gasteiger partial charge in [-0.05, 0) is 66.2 Å². The Bertz CT molecular complexity index is 1670. The number of rotatable bonds is 5. The minimum absolute atomic E-state index is 0.236. The lowest BCUT2D eigenvalue weighted by atomic mass is 10.1. The molecular weight excluding hydrogens is 472 g/mol. The van der Waals surface area contributed by atoms with Crippen LogP contribution in [0.3, 0.4) is 0 Å². The molecule has 0 unspecified atom stereocenters. The van der Waals surface area contributed by atoms with Crippen molar-refractivity contribution in [1.82, 2.24) is 9.66 Å². The zero-order valence-corrected chi connectivity index (χ0v) is 20.5. The number of nitrogens with zero attached hydrogens (tertiary/aromatic N) is 4. The molecule has 3 aromatic carbocycles. The van der Waals surface area contributed by atoms with Crippen LogP contribution in [0.4, 0.5) is 5.69 Å². The van der Waals surface area contributed by atoms with E-state index in [1.807, 2.05) is 54.1 Å². The lowest BCUT2D eigenvalue weighted by molar-refractivity contribution is 0.174. The van der Waals surface area contributed by atoms with Gasteiger partial charge in [-0.3, -0.25) is 4.98 Å². The van der Waals surface area contributed by atoms with Gasteiger partial charge in [-0.1, -0.05) is 18.2 Å². The zero-order chi connectivity index (χ0) is 24.5. The van der Waals surface area contributed by atoms with E-state index in [-0.39, 0.29) is 6.79 Å². The SMILES string of the molecule is COc1ccc2cc(-c3csc(=Nc4cccnc4)n3N=C(C)c3ccc4c(c3)OCO4)ccc2c1. The van der Waals surface area contributed by atoms with Crippen molar-refractivity contribution in [2.24, 2.45) is 10.1 Å². The molecule has 6 rings (SSSR count). The molecule has 8 heteroatoms. The van der Waals surface area contributed by atoms with Crippen molar-refractivity contribution in [1.29, 1.82) is 0 Å². The van der Waals surface area contributed by atoms with Gasteiger partial charge in [0, 0.05) is 22.7 Å². The lowest BCUT2D eigenvalue weighted by Gasteiger charge is -2.09. The third kappa shape index (κ3) is 4.23. The molecule has 0 amide bonds. The molecule has 3 heterocycles. The maximum atomic E-state index is 5.56. The summed E-state index contributed by atoms with van der Waals surface area (Å²) in [6, 6.07) is 22.1. The summed E-state index contributed by atoms with van der Waals surface area (Å²) in [5.74, 6) is 2.31. The first kappa shape index (κ1) is 22.1. The van der Waals surface area contributed by atoms with Crippen LogP contribution in [-0.4, -0.2) is 29.3 Å². The highest BCUT2D eigenvalue weighted by atomic mass is 32.1. The van der Waals surface area contributed by atoms with Crippen LogP contribution in [0, 0.1) is 0 Å². The molecule has 1 aliphatic rings. The first-order chi connectivity index (χ1) is 17.7. The van der Waals surface area contributed by atoms with E-state index in [2.05, 4.69) is 34.6 Å². The Hall–Kier alpha value is -4.43. The van der Waals surface area contributed by atoms with E-state index in [0.717, 1.165) is 61.0 Å². The predicted molar refractivity (Wildman–Crippen MR) is 141 cm³/mol. The number of methoxy groups -OCH3 is 1. The fraction of sp³-hybridized carbons (Fsp3) is 0.107. The average Bonchev–Trinajstić information content (AvgIpc) is 3.55. The third-order valence-electron chi connectivity index (χ3n) is 5.94. The summed E-state index contributed by atoms with van der Waals surface area (Å²) >= 11 is 1.53. The van der Waals surface area contributed by atoms with E-state index in [1.54, 1.807) is 19.5 Å². The summed E-state index contributed by atoms with van der Waals surface area (Å²) in [4.78, 5) is 9.77. The topological polar surface area (TPSA) is 70.2 Å². The van der Waals surface area contributed by atoms with Crippen LogP contribution in [0.2, 0.25) is 0 Å². The van der Waals surface area contributed by atoms with Crippen molar-refractivity contribution < 1.29 is 14.2 Å². The van der Waals surface area contributed by atoms with Crippen LogP contribution < -0.4 is 19.0 Å². The number of hydrogen-bond donors (Lipinski definition) is 0. The van der Waals surface area contributed by atoms with Crippen molar-refractivity contribution in [2.75, 3.05) is 13.9 Å². The Morgan fingerprint density at radius 3 is 2.72 bits per heavy atom. The van der Waals surface area contributed by atoms with Gasteiger partial charge in [-0.15, -0.1) is 11.3 Å². The van der Waals surface area contributed by atoms with Crippen molar-refractivity contribution in [3.63, 3.8) is 0 Å². The Balaban J connectivity index is 1.49. The molecule has 0 atom stereocenters. The summed E-state index contributed by atoms with van der Waals surface area (Å²) < 4.78 is 18.3. The van der Waals surface area contributed by atoms with E-state index in [0.29, 0.717) is 0 Å². The highest BCUT2D eigenvalue weighted by molar-refractivity contribution is 7.07. The Morgan fingerprint density at radius 2 is 1.86 bits per heavy atom. The minimum Gasteiger partial charge on any atom is -0.497 e. The number of aromatic nitrogens is 2. The zero-order valence-electron chi connectivity index (χ0n) is 19.7. The molecule has 2 aromatic heterocycles. The van der Waals surface area contributed by atoms with Crippen molar-refractivity contribution in [3.8, 4) is 28.5 Å². The monoisotopic (exact) mass is 494 g/mol. The average molecular weight is 495 g/mol. The molecule has 0 saturated carbocycles. The normalized spacial score (nSPS) is 13.4. The maximum Gasteiger partial charge on any atom is 0.231 e. The molecule has 7 nitrogen and oxygen atoms in total. The minimum atomic E-state index is 0.236. The van der Waals surface area contributed by atoms with Gasteiger partial charge in [0.1, 0.15) is 5.75 Å². The summed E-state index contributed by atoms with van der Waals surface area (Å²) in [5.41, 5.74) is 4.52. The van der Waals surface area contributed by atoms with Crippen molar-refractivity contribution >= 4 is 33.5 Å². The van der Waals surface area contributed by atoms with Gasteiger partial charge < -0.3 is 14.2 Å². The van der Waals surface area contributed by atoms with Crippen molar-refractivity contribution in [3.05, 3.63) is 94.9 Å². The van der Waals surface area contributed by atoms with E-state index < -0.39 is 0 Å². The molecule has 178 valence electrons. The van der Waals surface area contributed by atoms with Crippen LogP contribution in [0.25, 0.3) is 22.0 Å². The fourth-order valence-corrected chi connectivity index (χ4v) is 4.89. The number of ether oxygens (including phenoxy) is 3. The number of fused-ring (bicyclic) bond motifs is 2. The Kier molecular flexibility index (Phi) is 5.71. The van der Waals surface area contributed by atoms with E-state index >= 15 is 0 Å². The van der Waals surface area contributed by atoms with Crippen molar-refractivity contribution in [2.45, 2.75) is 6.92 Å². The molecule has 0 radical (unpaired) electrons. The number of benzene rings is 3. The van der Waals surface area contributed by atoms with Crippen LogP contribution in [-0.2, 0) is 0 Å². The first-order valence-corrected chi connectivity index (χ1v) is 12.2. The second-order valence-electron chi connectivity index (χ2n) is 8.22. The van der Waals surface area contributed by atoms with E-state index in [1.165, 1.54) is 11.3 Å². The van der Waals surface area contributed by atoms with E-state index in [9.17, 15) is 0 Å². The predicted octanol–water partition coefficient (Wildman–Crippen LogP) is 6.01. The van der Waals surface area contributed by atoms with Gasteiger partial charge >= 0.3 is 0 Å². The molecule has 36 heavy (non-hydrogen) atoms. The molecular formula is C28H22N4O3S. The van der Waals surface area contributed by atoms with Gasteiger partial charge in [-0.25, -0.2) is 9.67 Å². The highest BCUT2D eigenvalue weighted by Gasteiger charge is 2.15. The summed E-state index contributed by atoms with van der Waals surface area (Å²) in [7, 11) is 1.68. The molecule has 0 aliphatic carbocycles. The second-order valence-corrected chi connectivity index (χ2v) is 9.06. The smallest absolute Gasteiger partial charge is 0.231 e. The van der Waals surface area contributed by atoms with Crippen LogP contribution >= 0.6 is 11.3 Å². The largest absolute Gasteiger partial charge is 0.497 e. The van der Waals surface area contributed by atoms with Crippen LogP contribution in [0.5, 0.6) is 17.2 Å². The van der Waals surface area contributed by atoms with Gasteiger partial charge in [0.25, 0.3) is 0 Å². The number of thiazole rings is 1. The third-order valence-corrected chi connectivity index (χ3v) is 6.76. The molecule has 5 aromatic rings.